The summed E-state index contributed by atoms with van der Waals surface area (Å²) in [5.41, 5.74) is 3.13. The average Bonchev–Trinajstić information content (AvgIpc) is 3.14. The van der Waals surface area contributed by atoms with Crippen molar-refractivity contribution in [1.82, 2.24) is 5.32 Å². The van der Waals surface area contributed by atoms with Crippen LogP contribution in [0.1, 0.15) is 24.0 Å². The van der Waals surface area contributed by atoms with Gasteiger partial charge in [0.2, 0.25) is 5.91 Å². The van der Waals surface area contributed by atoms with Crippen molar-refractivity contribution in [3.8, 4) is 0 Å². The number of carbonyl (C=O) groups excluding carboxylic acids is 1. The summed E-state index contributed by atoms with van der Waals surface area (Å²) in [6.45, 7) is 2.66. The van der Waals surface area contributed by atoms with Crippen molar-refractivity contribution in [3.63, 3.8) is 0 Å². The second-order valence-electron chi connectivity index (χ2n) is 5.93. The number of hydrogen-bond acceptors (Lipinski definition) is 2. The Kier molecular flexibility index (Phi) is 5.26. The molecule has 0 aliphatic carbocycles. The Balaban J connectivity index is 1.59. The molecule has 1 aliphatic rings. The molecule has 0 radical (unpaired) electrons. The zero-order chi connectivity index (χ0) is 16.8. The number of para-hydroxylation sites is 1. The molecule has 24 heavy (non-hydrogen) atoms. The number of benzene rings is 2. The van der Waals surface area contributed by atoms with Crippen LogP contribution in [0.15, 0.2) is 54.6 Å². The standard InChI is InChI=1S/C20H21FN2O/c21-18-10-7-16(8-11-18)9-12-20(24)22-15-17-5-1-2-6-19(17)23-13-3-4-14-23/h1-2,5-12H,3-4,13-15H2,(H,22,24)/b12-9+. The van der Waals surface area contributed by atoms with Crippen LogP contribution in [0, 0.1) is 5.82 Å². The summed E-state index contributed by atoms with van der Waals surface area (Å²) in [7, 11) is 0. The van der Waals surface area contributed by atoms with E-state index < -0.39 is 0 Å². The third-order valence-corrected chi connectivity index (χ3v) is 4.19. The number of nitrogens with zero attached hydrogens (tertiary/aromatic N) is 1. The van der Waals surface area contributed by atoms with Crippen molar-refractivity contribution in [2.75, 3.05) is 18.0 Å². The Labute approximate surface area is 141 Å². The third kappa shape index (κ3) is 4.22. The van der Waals surface area contributed by atoms with Crippen molar-refractivity contribution >= 4 is 17.7 Å². The minimum absolute atomic E-state index is 0.157. The van der Waals surface area contributed by atoms with E-state index in [-0.39, 0.29) is 11.7 Å². The van der Waals surface area contributed by atoms with Gasteiger partial charge in [-0.2, -0.15) is 0 Å². The predicted octanol–water partition coefficient (Wildman–Crippen LogP) is 3.76. The van der Waals surface area contributed by atoms with E-state index in [0.717, 1.165) is 24.2 Å². The first-order valence-corrected chi connectivity index (χ1v) is 8.27. The van der Waals surface area contributed by atoms with Crippen molar-refractivity contribution in [3.05, 3.63) is 71.6 Å². The maximum atomic E-state index is 12.9. The Morgan fingerprint density at radius 1 is 1.08 bits per heavy atom. The van der Waals surface area contributed by atoms with Crippen molar-refractivity contribution < 1.29 is 9.18 Å². The average molecular weight is 324 g/mol. The zero-order valence-electron chi connectivity index (χ0n) is 13.5. The summed E-state index contributed by atoms with van der Waals surface area (Å²) in [6, 6.07) is 14.2. The number of halogens is 1. The van der Waals surface area contributed by atoms with Gasteiger partial charge in [0.1, 0.15) is 5.82 Å². The quantitative estimate of drug-likeness (QED) is 0.850. The largest absolute Gasteiger partial charge is 0.371 e. The molecular formula is C20H21FN2O. The third-order valence-electron chi connectivity index (χ3n) is 4.19. The molecule has 0 atom stereocenters. The van der Waals surface area contributed by atoms with Gasteiger partial charge in [0.05, 0.1) is 0 Å². The molecule has 1 amide bonds. The predicted molar refractivity (Wildman–Crippen MR) is 95.2 cm³/mol. The molecule has 0 aromatic heterocycles. The van der Waals surface area contributed by atoms with Gasteiger partial charge in [-0.05, 0) is 48.2 Å². The van der Waals surface area contributed by atoms with E-state index in [1.165, 1.54) is 36.7 Å². The summed E-state index contributed by atoms with van der Waals surface area (Å²) in [4.78, 5) is 14.4. The molecule has 124 valence electrons. The molecule has 0 bridgehead atoms. The number of hydrogen-bond donors (Lipinski definition) is 1. The number of carbonyl (C=O) groups is 1. The number of nitrogens with one attached hydrogen (secondary N) is 1. The lowest BCUT2D eigenvalue weighted by molar-refractivity contribution is -0.116. The Morgan fingerprint density at radius 3 is 2.54 bits per heavy atom. The number of rotatable bonds is 5. The lowest BCUT2D eigenvalue weighted by Gasteiger charge is -2.21. The maximum absolute atomic E-state index is 12.9. The fourth-order valence-corrected chi connectivity index (χ4v) is 2.91. The van der Waals surface area contributed by atoms with Crippen molar-refractivity contribution in [1.29, 1.82) is 0 Å². The second-order valence-corrected chi connectivity index (χ2v) is 5.93. The SMILES string of the molecule is O=C(/C=C/c1ccc(F)cc1)NCc1ccccc1N1CCCC1. The van der Waals surface area contributed by atoms with Gasteiger partial charge in [-0.25, -0.2) is 4.39 Å². The van der Waals surface area contributed by atoms with Crippen LogP contribution in [0.3, 0.4) is 0 Å². The molecule has 1 saturated heterocycles. The fourth-order valence-electron chi connectivity index (χ4n) is 2.91. The van der Waals surface area contributed by atoms with Gasteiger partial charge in [-0.15, -0.1) is 0 Å². The Hall–Kier alpha value is -2.62. The Morgan fingerprint density at radius 2 is 1.79 bits per heavy atom. The van der Waals surface area contributed by atoms with Gasteiger partial charge >= 0.3 is 0 Å². The molecular weight excluding hydrogens is 303 g/mol. The highest BCUT2D eigenvalue weighted by Crippen LogP contribution is 2.24. The Bertz CT molecular complexity index is 719. The van der Waals surface area contributed by atoms with Gasteiger partial charge in [0.25, 0.3) is 0 Å². The molecule has 1 heterocycles. The summed E-state index contributed by atoms with van der Waals surface area (Å²) in [6.07, 6.45) is 5.61. The first kappa shape index (κ1) is 16.2. The molecule has 3 nitrogen and oxygen atoms in total. The van der Waals surface area contributed by atoms with Crippen LogP contribution in [-0.4, -0.2) is 19.0 Å². The molecule has 0 spiro atoms. The first-order chi connectivity index (χ1) is 11.7. The minimum Gasteiger partial charge on any atom is -0.371 e. The smallest absolute Gasteiger partial charge is 0.244 e. The van der Waals surface area contributed by atoms with Crippen molar-refractivity contribution in [2.45, 2.75) is 19.4 Å². The minimum atomic E-state index is -0.282. The van der Waals surface area contributed by atoms with Crippen LogP contribution < -0.4 is 10.2 Å². The van der Waals surface area contributed by atoms with Gasteiger partial charge in [-0.3, -0.25) is 4.79 Å². The van der Waals surface area contributed by atoms with Crippen LogP contribution in [-0.2, 0) is 11.3 Å². The van der Waals surface area contributed by atoms with E-state index in [4.69, 9.17) is 0 Å². The summed E-state index contributed by atoms with van der Waals surface area (Å²) in [5.74, 6) is -0.439. The van der Waals surface area contributed by atoms with E-state index in [1.807, 2.05) is 12.1 Å². The van der Waals surface area contributed by atoms with Gasteiger partial charge < -0.3 is 10.2 Å². The van der Waals surface area contributed by atoms with Crippen LogP contribution in [0.4, 0.5) is 10.1 Å². The van der Waals surface area contributed by atoms with Crippen LogP contribution in [0.25, 0.3) is 6.08 Å². The van der Waals surface area contributed by atoms with E-state index in [2.05, 4.69) is 22.3 Å². The van der Waals surface area contributed by atoms with E-state index in [1.54, 1.807) is 18.2 Å². The topological polar surface area (TPSA) is 32.3 Å². The maximum Gasteiger partial charge on any atom is 0.244 e. The summed E-state index contributed by atoms with van der Waals surface area (Å²) in [5, 5.41) is 2.92. The molecule has 1 fully saturated rings. The van der Waals surface area contributed by atoms with E-state index in [9.17, 15) is 9.18 Å². The lowest BCUT2D eigenvalue weighted by atomic mass is 10.1. The number of amides is 1. The highest BCUT2D eigenvalue weighted by atomic mass is 19.1. The highest BCUT2D eigenvalue weighted by molar-refractivity contribution is 5.91. The van der Waals surface area contributed by atoms with Crippen LogP contribution in [0.2, 0.25) is 0 Å². The molecule has 2 aromatic carbocycles. The second kappa shape index (κ2) is 7.77. The van der Waals surface area contributed by atoms with Crippen molar-refractivity contribution in [2.24, 2.45) is 0 Å². The molecule has 1 aliphatic heterocycles. The molecule has 0 unspecified atom stereocenters. The van der Waals surface area contributed by atoms with E-state index in [0.29, 0.717) is 6.54 Å². The highest BCUT2D eigenvalue weighted by Gasteiger charge is 2.15. The monoisotopic (exact) mass is 324 g/mol. The van der Waals surface area contributed by atoms with Gasteiger partial charge in [-0.1, -0.05) is 30.3 Å². The molecule has 2 aromatic rings. The van der Waals surface area contributed by atoms with Crippen LogP contribution in [0.5, 0.6) is 0 Å². The van der Waals surface area contributed by atoms with Crippen LogP contribution >= 0.6 is 0 Å². The summed E-state index contributed by atoms with van der Waals surface area (Å²) < 4.78 is 12.9. The number of anilines is 1. The fraction of sp³-hybridized carbons (Fsp3) is 0.250. The van der Waals surface area contributed by atoms with Gasteiger partial charge in [0.15, 0.2) is 0 Å². The first-order valence-electron chi connectivity index (χ1n) is 8.27. The normalized spacial score (nSPS) is 14.3. The molecule has 4 heteroatoms. The molecule has 3 rings (SSSR count). The van der Waals surface area contributed by atoms with E-state index >= 15 is 0 Å². The molecule has 0 saturated carbocycles. The lowest BCUT2D eigenvalue weighted by Crippen LogP contribution is -2.24. The molecule has 1 N–H and O–H groups in total. The van der Waals surface area contributed by atoms with Gasteiger partial charge in [0, 0.05) is 31.4 Å². The zero-order valence-corrected chi connectivity index (χ0v) is 13.5. The summed E-state index contributed by atoms with van der Waals surface area (Å²) >= 11 is 0.